The third kappa shape index (κ3) is 2.45. The molecule has 96 valence electrons. The van der Waals surface area contributed by atoms with Crippen LogP contribution in [0.2, 0.25) is 0 Å². The molecule has 1 heterocycles. The van der Waals surface area contributed by atoms with Gasteiger partial charge >= 0.3 is 0 Å². The van der Waals surface area contributed by atoms with Crippen molar-refractivity contribution in [3.8, 4) is 0 Å². The van der Waals surface area contributed by atoms with Crippen LogP contribution in [0.1, 0.15) is 46.0 Å². The topological polar surface area (TPSA) is 49.4 Å². The van der Waals surface area contributed by atoms with E-state index < -0.39 is 0 Å². The Morgan fingerprint density at radius 3 is 2.59 bits per heavy atom. The van der Waals surface area contributed by atoms with Gasteiger partial charge in [0.2, 0.25) is 11.8 Å². The number of carbonyl (C=O) groups is 2. The van der Waals surface area contributed by atoms with Gasteiger partial charge in [-0.15, -0.1) is 0 Å². The summed E-state index contributed by atoms with van der Waals surface area (Å²) in [7, 11) is 0. The van der Waals surface area contributed by atoms with Gasteiger partial charge in [0.15, 0.2) is 0 Å². The lowest BCUT2D eigenvalue weighted by molar-refractivity contribution is -0.147. The van der Waals surface area contributed by atoms with Crippen LogP contribution in [0.3, 0.4) is 0 Å². The van der Waals surface area contributed by atoms with E-state index in [2.05, 4.69) is 12.2 Å². The highest BCUT2D eigenvalue weighted by Gasteiger charge is 2.37. The normalized spacial score (nSPS) is 28.4. The molecule has 1 N–H and O–H groups in total. The summed E-state index contributed by atoms with van der Waals surface area (Å²) in [6.45, 7) is 4.28. The number of nitrogens with one attached hydrogen (secondary N) is 1. The molecule has 1 saturated heterocycles. The second kappa shape index (κ2) is 5.07. The fourth-order valence-corrected chi connectivity index (χ4v) is 3.05. The number of rotatable bonds is 3. The van der Waals surface area contributed by atoms with E-state index in [0.29, 0.717) is 12.3 Å². The molecule has 1 aliphatic heterocycles. The Labute approximate surface area is 103 Å². The molecular weight excluding hydrogens is 216 g/mol. The van der Waals surface area contributed by atoms with E-state index in [1.165, 1.54) is 25.7 Å². The first-order chi connectivity index (χ1) is 8.13. The van der Waals surface area contributed by atoms with Crippen molar-refractivity contribution >= 4 is 11.8 Å². The zero-order valence-electron chi connectivity index (χ0n) is 10.7. The first-order valence-corrected chi connectivity index (χ1v) is 6.73. The summed E-state index contributed by atoms with van der Waals surface area (Å²) in [5.41, 5.74) is 0. The first-order valence-electron chi connectivity index (χ1n) is 6.73. The quantitative estimate of drug-likeness (QED) is 0.805. The Kier molecular flexibility index (Phi) is 3.69. The number of hydrogen-bond donors (Lipinski definition) is 1. The SMILES string of the molecule is CCC1NC(=O)CN(C(C)C2CCCC2)C1=O. The molecule has 2 fully saturated rings. The van der Waals surface area contributed by atoms with E-state index in [-0.39, 0.29) is 30.4 Å². The molecule has 0 bridgehead atoms. The molecule has 0 aromatic carbocycles. The predicted molar refractivity (Wildman–Crippen MR) is 65.4 cm³/mol. The number of hydrogen-bond acceptors (Lipinski definition) is 2. The lowest BCUT2D eigenvalue weighted by Crippen LogP contribution is -2.60. The van der Waals surface area contributed by atoms with Gasteiger partial charge in [-0.2, -0.15) is 0 Å². The zero-order chi connectivity index (χ0) is 12.4. The molecule has 2 unspecified atom stereocenters. The lowest BCUT2D eigenvalue weighted by Gasteiger charge is -2.38. The van der Waals surface area contributed by atoms with Gasteiger partial charge in [0.25, 0.3) is 0 Å². The third-order valence-electron chi connectivity index (χ3n) is 4.21. The van der Waals surface area contributed by atoms with Crippen LogP contribution in [0, 0.1) is 5.92 Å². The van der Waals surface area contributed by atoms with E-state index in [4.69, 9.17) is 0 Å². The van der Waals surface area contributed by atoms with Crippen LogP contribution in [0.15, 0.2) is 0 Å². The van der Waals surface area contributed by atoms with Crippen molar-refractivity contribution in [2.75, 3.05) is 6.54 Å². The number of carbonyl (C=O) groups excluding carboxylic acids is 2. The van der Waals surface area contributed by atoms with Gasteiger partial charge in [0, 0.05) is 6.04 Å². The molecule has 0 spiro atoms. The maximum Gasteiger partial charge on any atom is 0.245 e. The van der Waals surface area contributed by atoms with Gasteiger partial charge in [-0.05, 0) is 32.1 Å². The Morgan fingerprint density at radius 2 is 2.00 bits per heavy atom. The standard InChI is InChI=1S/C13H22N2O2/c1-3-11-13(17)15(8-12(16)14-11)9(2)10-6-4-5-7-10/h9-11H,3-8H2,1-2H3,(H,14,16). The summed E-state index contributed by atoms with van der Waals surface area (Å²) < 4.78 is 0. The van der Waals surface area contributed by atoms with Crippen LogP contribution in [-0.4, -0.2) is 35.3 Å². The highest BCUT2D eigenvalue weighted by atomic mass is 16.2. The van der Waals surface area contributed by atoms with Gasteiger partial charge in [-0.3, -0.25) is 9.59 Å². The van der Waals surface area contributed by atoms with Gasteiger partial charge in [-0.1, -0.05) is 19.8 Å². The predicted octanol–water partition coefficient (Wildman–Crippen LogP) is 1.30. The molecular formula is C13H22N2O2. The van der Waals surface area contributed by atoms with Gasteiger partial charge < -0.3 is 10.2 Å². The first kappa shape index (κ1) is 12.4. The minimum atomic E-state index is -0.305. The van der Waals surface area contributed by atoms with Crippen molar-refractivity contribution in [3.63, 3.8) is 0 Å². The summed E-state index contributed by atoms with van der Waals surface area (Å²) in [5.74, 6) is 0.676. The van der Waals surface area contributed by atoms with Crippen molar-refractivity contribution in [1.29, 1.82) is 0 Å². The smallest absolute Gasteiger partial charge is 0.245 e. The van der Waals surface area contributed by atoms with Gasteiger partial charge in [-0.25, -0.2) is 0 Å². The van der Waals surface area contributed by atoms with Gasteiger partial charge in [0.1, 0.15) is 6.04 Å². The summed E-state index contributed by atoms with van der Waals surface area (Å²) in [4.78, 5) is 25.6. The summed E-state index contributed by atoms with van der Waals surface area (Å²) in [6.07, 6.45) is 5.60. The van der Waals surface area contributed by atoms with Crippen molar-refractivity contribution in [3.05, 3.63) is 0 Å². The maximum atomic E-state index is 12.2. The highest BCUT2D eigenvalue weighted by Crippen LogP contribution is 2.30. The van der Waals surface area contributed by atoms with E-state index in [1.54, 1.807) is 4.90 Å². The average molecular weight is 238 g/mol. The Bertz CT molecular complexity index is 311. The summed E-state index contributed by atoms with van der Waals surface area (Å²) >= 11 is 0. The highest BCUT2D eigenvalue weighted by molar-refractivity contribution is 5.94. The molecule has 2 rings (SSSR count). The minimum Gasteiger partial charge on any atom is -0.343 e. The molecule has 4 nitrogen and oxygen atoms in total. The molecule has 0 radical (unpaired) electrons. The minimum absolute atomic E-state index is 0.0127. The number of piperazine rings is 1. The number of nitrogens with zero attached hydrogens (tertiary/aromatic N) is 1. The molecule has 17 heavy (non-hydrogen) atoms. The molecule has 0 aromatic rings. The fourth-order valence-electron chi connectivity index (χ4n) is 3.05. The second-order valence-corrected chi connectivity index (χ2v) is 5.28. The zero-order valence-corrected chi connectivity index (χ0v) is 10.7. The molecule has 2 amide bonds. The van der Waals surface area contributed by atoms with E-state index in [9.17, 15) is 9.59 Å². The third-order valence-corrected chi connectivity index (χ3v) is 4.21. The average Bonchev–Trinajstić information content (AvgIpc) is 2.84. The molecule has 1 saturated carbocycles. The second-order valence-electron chi connectivity index (χ2n) is 5.28. The molecule has 4 heteroatoms. The summed E-state index contributed by atoms with van der Waals surface area (Å²) in [6, 6.07) is -0.0924. The summed E-state index contributed by atoms with van der Waals surface area (Å²) in [5, 5.41) is 2.76. The van der Waals surface area contributed by atoms with Crippen molar-refractivity contribution in [2.45, 2.75) is 58.0 Å². The van der Waals surface area contributed by atoms with Crippen LogP contribution in [0.4, 0.5) is 0 Å². The fraction of sp³-hybridized carbons (Fsp3) is 0.846. The number of amides is 2. The van der Waals surface area contributed by atoms with Crippen LogP contribution in [-0.2, 0) is 9.59 Å². The van der Waals surface area contributed by atoms with Crippen LogP contribution in [0.5, 0.6) is 0 Å². The Morgan fingerprint density at radius 1 is 1.35 bits per heavy atom. The lowest BCUT2D eigenvalue weighted by atomic mass is 9.96. The Balaban J connectivity index is 2.06. The molecule has 2 aliphatic rings. The van der Waals surface area contributed by atoms with Crippen LogP contribution in [0.25, 0.3) is 0 Å². The van der Waals surface area contributed by atoms with E-state index in [0.717, 1.165) is 0 Å². The molecule has 0 aromatic heterocycles. The van der Waals surface area contributed by atoms with Crippen LogP contribution >= 0.6 is 0 Å². The molecule has 2 atom stereocenters. The van der Waals surface area contributed by atoms with Crippen LogP contribution < -0.4 is 5.32 Å². The maximum absolute atomic E-state index is 12.2. The van der Waals surface area contributed by atoms with Crippen molar-refractivity contribution in [1.82, 2.24) is 10.2 Å². The largest absolute Gasteiger partial charge is 0.343 e. The van der Waals surface area contributed by atoms with Crippen molar-refractivity contribution in [2.24, 2.45) is 5.92 Å². The van der Waals surface area contributed by atoms with Crippen molar-refractivity contribution < 1.29 is 9.59 Å². The Hall–Kier alpha value is -1.06. The van der Waals surface area contributed by atoms with Gasteiger partial charge in [0.05, 0.1) is 6.54 Å². The molecule has 1 aliphatic carbocycles. The monoisotopic (exact) mass is 238 g/mol. The van der Waals surface area contributed by atoms with E-state index in [1.807, 2.05) is 6.92 Å². The van der Waals surface area contributed by atoms with E-state index >= 15 is 0 Å².